The molecule has 0 aliphatic carbocycles. The Kier molecular flexibility index (Phi) is 9.21. The van der Waals surface area contributed by atoms with Crippen LogP contribution >= 0.6 is 0 Å². The van der Waals surface area contributed by atoms with Crippen LogP contribution in [0, 0.1) is 0 Å². The molecule has 0 atom stereocenters. The second kappa shape index (κ2) is 13.4. The van der Waals surface area contributed by atoms with E-state index in [1.165, 1.54) is 11.6 Å². The third-order valence-electron chi connectivity index (χ3n) is 7.52. The molecule has 2 aromatic carbocycles. The van der Waals surface area contributed by atoms with Gasteiger partial charge in [-0.15, -0.1) is 0 Å². The van der Waals surface area contributed by atoms with E-state index in [4.69, 9.17) is 14.5 Å². The Morgan fingerprint density at radius 2 is 2.02 bits per heavy atom. The maximum absolute atomic E-state index is 11.9. The highest BCUT2D eigenvalue weighted by molar-refractivity contribution is 5.89. The molecule has 2 aliphatic rings. The number of methoxy groups -OCH3 is 1. The van der Waals surface area contributed by atoms with Crippen LogP contribution < -0.4 is 20.7 Å². The third kappa shape index (κ3) is 6.76. The van der Waals surface area contributed by atoms with Gasteiger partial charge in [-0.2, -0.15) is 4.98 Å². The number of aryl methyl sites for hydroxylation is 1. The largest absolute Gasteiger partial charge is 0.495 e. The van der Waals surface area contributed by atoms with E-state index >= 15 is 0 Å². The molecular weight excluding hydrogens is 502 g/mol. The summed E-state index contributed by atoms with van der Waals surface area (Å²) in [5, 5.41) is 10.3. The van der Waals surface area contributed by atoms with E-state index in [0.29, 0.717) is 43.7 Å². The van der Waals surface area contributed by atoms with Crippen molar-refractivity contribution < 1.29 is 14.3 Å². The number of carbonyl (C=O) groups is 1. The van der Waals surface area contributed by atoms with E-state index in [2.05, 4.69) is 45.7 Å². The van der Waals surface area contributed by atoms with Gasteiger partial charge in [-0.3, -0.25) is 4.79 Å². The van der Waals surface area contributed by atoms with Crippen LogP contribution in [0.25, 0.3) is 5.57 Å². The van der Waals surface area contributed by atoms with Crippen LogP contribution in [-0.4, -0.2) is 49.2 Å². The Morgan fingerprint density at radius 3 is 2.80 bits per heavy atom. The minimum absolute atomic E-state index is 0.0245. The fourth-order valence-electron chi connectivity index (χ4n) is 5.23. The lowest BCUT2D eigenvalue weighted by Gasteiger charge is -2.24. The van der Waals surface area contributed by atoms with Gasteiger partial charge in [-0.05, 0) is 85.7 Å². The predicted molar refractivity (Wildman–Crippen MR) is 160 cm³/mol. The van der Waals surface area contributed by atoms with Crippen LogP contribution in [0.1, 0.15) is 48.3 Å². The summed E-state index contributed by atoms with van der Waals surface area (Å²) in [7, 11) is 1.69. The van der Waals surface area contributed by atoms with Crippen molar-refractivity contribution in [2.24, 2.45) is 0 Å². The van der Waals surface area contributed by atoms with E-state index in [0.717, 1.165) is 66.2 Å². The Morgan fingerprint density at radius 1 is 1.18 bits per heavy atom. The van der Waals surface area contributed by atoms with E-state index in [-0.39, 0.29) is 5.78 Å². The van der Waals surface area contributed by atoms with E-state index < -0.39 is 0 Å². The van der Waals surface area contributed by atoms with Crippen molar-refractivity contribution >= 4 is 34.5 Å². The van der Waals surface area contributed by atoms with Crippen LogP contribution in [0.2, 0.25) is 0 Å². The minimum atomic E-state index is 0.0245. The highest BCUT2D eigenvalue weighted by atomic mass is 16.5. The number of hydrogen-bond acceptors (Lipinski definition) is 8. The van der Waals surface area contributed by atoms with Gasteiger partial charge in [0.15, 0.2) is 5.78 Å². The molecule has 0 unspecified atom stereocenters. The second-order valence-corrected chi connectivity index (χ2v) is 10.1. The smallest absolute Gasteiger partial charge is 0.229 e. The minimum Gasteiger partial charge on any atom is -0.495 e. The SMILES string of the molecule is C=CC(=O)CCc1ccccc1Nc1nc(Nc2ccc(C3CCNCC3)cc2OC)ncc1C1=CCOCC1. The number of nitrogens with zero attached hydrogens (tertiary/aromatic N) is 2. The summed E-state index contributed by atoms with van der Waals surface area (Å²) in [4.78, 5) is 21.5. The Hall–Kier alpha value is -4.01. The Balaban J connectivity index is 1.44. The first-order valence-corrected chi connectivity index (χ1v) is 13.9. The lowest BCUT2D eigenvalue weighted by Crippen LogP contribution is -2.26. The lowest BCUT2D eigenvalue weighted by atomic mass is 9.90. The number of carbonyl (C=O) groups excluding carboxylic acids is 1. The summed E-state index contributed by atoms with van der Waals surface area (Å²) in [5.41, 5.74) is 6.12. The molecule has 0 radical (unpaired) electrons. The normalized spacial score (nSPS) is 15.7. The Bertz CT molecular complexity index is 1380. The van der Waals surface area contributed by atoms with Crippen molar-refractivity contribution in [3.8, 4) is 5.75 Å². The summed E-state index contributed by atoms with van der Waals surface area (Å²) < 4.78 is 11.3. The number of aromatic nitrogens is 2. The molecule has 40 heavy (non-hydrogen) atoms. The van der Waals surface area contributed by atoms with Crippen molar-refractivity contribution in [2.75, 3.05) is 44.0 Å². The van der Waals surface area contributed by atoms with Gasteiger partial charge in [-0.25, -0.2) is 4.98 Å². The average Bonchev–Trinajstić information content (AvgIpc) is 3.01. The van der Waals surface area contributed by atoms with Crippen LogP contribution in [-0.2, 0) is 16.0 Å². The molecule has 3 aromatic rings. The van der Waals surface area contributed by atoms with Crippen molar-refractivity contribution in [2.45, 2.75) is 38.0 Å². The average molecular weight is 540 g/mol. The molecule has 8 nitrogen and oxygen atoms in total. The number of anilines is 4. The van der Waals surface area contributed by atoms with Crippen LogP contribution in [0.4, 0.5) is 23.1 Å². The van der Waals surface area contributed by atoms with Crippen molar-refractivity contribution in [3.63, 3.8) is 0 Å². The Labute approximate surface area is 235 Å². The molecule has 1 fully saturated rings. The third-order valence-corrected chi connectivity index (χ3v) is 7.52. The summed E-state index contributed by atoms with van der Waals surface area (Å²) in [6.07, 6.45) is 9.36. The number of ether oxygens (including phenoxy) is 2. The number of benzene rings is 2. The number of nitrogens with one attached hydrogen (secondary N) is 3. The maximum Gasteiger partial charge on any atom is 0.229 e. The summed E-state index contributed by atoms with van der Waals surface area (Å²) >= 11 is 0. The molecule has 0 bridgehead atoms. The summed E-state index contributed by atoms with van der Waals surface area (Å²) in [6.45, 7) is 6.90. The number of allylic oxidation sites excluding steroid dienone is 1. The molecule has 0 spiro atoms. The molecule has 1 saturated heterocycles. The number of ketones is 1. The second-order valence-electron chi connectivity index (χ2n) is 10.1. The number of piperidine rings is 1. The lowest BCUT2D eigenvalue weighted by molar-refractivity contribution is -0.114. The van der Waals surface area contributed by atoms with Gasteiger partial charge in [0.2, 0.25) is 5.95 Å². The zero-order chi connectivity index (χ0) is 27.7. The maximum atomic E-state index is 11.9. The molecule has 0 amide bonds. The highest BCUT2D eigenvalue weighted by Gasteiger charge is 2.19. The quantitative estimate of drug-likeness (QED) is 0.258. The number of rotatable bonds is 11. The zero-order valence-electron chi connectivity index (χ0n) is 23.0. The molecule has 5 rings (SSSR count). The number of para-hydroxylation sites is 1. The van der Waals surface area contributed by atoms with Gasteiger partial charge in [0.05, 0.1) is 26.0 Å². The fourth-order valence-corrected chi connectivity index (χ4v) is 5.23. The summed E-state index contributed by atoms with van der Waals surface area (Å²) in [6, 6.07) is 14.3. The molecule has 8 heteroatoms. The van der Waals surface area contributed by atoms with Gasteiger partial charge in [0.1, 0.15) is 11.6 Å². The van der Waals surface area contributed by atoms with Gasteiger partial charge in [0, 0.05) is 23.9 Å². The van der Waals surface area contributed by atoms with Crippen LogP contribution in [0.15, 0.2) is 67.4 Å². The van der Waals surface area contributed by atoms with Crippen LogP contribution in [0.3, 0.4) is 0 Å². The first-order chi connectivity index (χ1) is 19.6. The van der Waals surface area contributed by atoms with Crippen molar-refractivity contribution in [1.82, 2.24) is 15.3 Å². The van der Waals surface area contributed by atoms with Gasteiger partial charge in [-0.1, -0.05) is 36.9 Å². The molecule has 208 valence electrons. The molecule has 2 aliphatic heterocycles. The topological polar surface area (TPSA) is 97.4 Å². The predicted octanol–water partition coefficient (Wildman–Crippen LogP) is 5.93. The summed E-state index contributed by atoms with van der Waals surface area (Å²) in [5.74, 6) is 2.48. The molecular formula is C32H37N5O3. The fraction of sp³-hybridized carbons (Fsp3) is 0.344. The number of hydrogen-bond donors (Lipinski definition) is 3. The van der Waals surface area contributed by atoms with Gasteiger partial charge < -0.3 is 25.4 Å². The van der Waals surface area contributed by atoms with Crippen molar-refractivity contribution in [3.05, 3.63) is 84.1 Å². The van der Waals surface area contributed by atoms with E-state index in [1.54, 1.807) is 7.11 Å². The monoisotopic (exact) mass is 539 g/mol. The zero-order valence-corrected chi connectivity index (χ0v) is 23.0. The first-order valence-electron chi connectivity index (χ1n) is 13.9. The molecule has 3 N–H and O–H groups in total. The van der Waals surface area contributed by atoms with Crippen LogP contribution in [0.5, 0.6) is 5.75 Å². The van der Waals surface area contributed by atoms with Gasteiger partial charge >= 0.3 is 0 Å². The highest BCUT2D eigenvalue weighted by Crippen LogP contribution is 2.35. The molecule has 3 heterocycles. The van der Waals surface area contributed by atoms with E-state index in [1.807, 2.05) is 36.5 Å². The molecule has 0 saturated carbocycles. The van der Waals surface area contributed by atoms with E-state index in [9.17, 15) is 4.79 Å². The molecule has 1 aromatic heterocycles. The van der Waals surface area contributed by atoms with Crippen molar-refractivity contribution in [1.29, 1.82) is 0 Å². The van der Waals surface area contributed by atoms with Gasteiger partial charge in [0.25, 0.3) is 0 Å². The standard InChI is InChI=1S/C32H37N5O3/c1-3-26(38)10-8-24-6-4-5-7-28(24)35-31-27(23-14-18-40-19-15-23)21-34-32(37-31)36-29-11-9-25(20-30(29)39-2)22-12-16-33-17-13-22/h3-7,9,11,14,20-22,33H,1,8,10,12-13,15-19H2,2H3,(H2,34,35,36,37). The first kappa shape index (κ1) is 27.6.